The summed E-state index contributed by atoms with van der Waals surface area (Å²) in [6.07, 6.45) is 5.08. The van der Waals surface area contributed by atoms with E-state index in [-0.39, 0.29) is 29.4 Å². The molecule has 1 unspecified atom stereocenters. The van der Waals surface area contributed by atoms with Crippen LogP contribution < -0.4 is 0 Å². The van der Waals surface area contributed by atoms with E-state index in [1.165, 1.54) is 0 Å². The van der Waals surface area contributed by atoms with Crippen molar-refractivity contribution in [2.75, 3.05) is 0 Å². The Kier molecular flexibility index (Phi) is 9.20. The maximum absolute atomic E-state index is 3.67. The van der Waals surface area contributed by atoms with Crippen LogP contribution >= 0.6 is 9.90 Å². The summed E-state index contributed by atoms with van der Waals surface area (Å²) in [5.74, 6) is 0. The summed E-state index contributed by atoms with van der Waals surface area (Å²) in [4.78, 5) is 6.42. The van der Waals surface area contributed by atoms with Gasteiger partial charge in [-0.25, -0.2) is 4.98 Å². The number of rotatable bonds is 0. The fraction of sp³-hybridized carbons (Fsp3) is 0. The first-order valence-electron chi connectivity index (χ1n) is 1.43. The first-order valence-corrected chi connectivity index (χ1v) is 1.43. The molecule has 2 nitrogen and oxygen atoms in total. The summed E-state index contributed by atoms with van der Waals surface area (Å²) < 4.78 is 0. The molecular formula is C3H7N2PRu. The quantitative estimate of drug-likeness (QED) is 0.481. The zero-order valence-corrected chi connectivity index (χ0v) is 6.89. The van der Waals surface area contributed by atoms with Gasteiger partial charge in [0.15, 0.2) is 0 Å². The summed E-state index contributed by atoms with van der Waals surface area (Å²) in [5, 5.41) is 0. The molecule has 0 aliphatic rings. The topological polar surface area (TPSA) is 28.7 Å². The van der Waals surface area contributed by atoms with E-state index in [9.17, 15) is 0 Å². The Balaban J connectivity index is 0. The molecule has 4 heteroatoms. The summed E-state index contributed by atoms with van der Waals surface area (Å²) in [6.45, 7) is 0. The van der Waals surface area contributed by atoms with Crippen LogP contribution in [0.15, 0.2) is 18.7 Å². The molecule has 0 saturated heterocycles. The molecule has 0 fully saturated rings. The fourth-order valence-electron chi connectivity index (χ4n) is 0.215. The fourth-order valence-corrected chi connectivity index (χ4v) is 0.215. The van der Waals surface area contributed by atoms with Gasteiger partial charge < -0.3 is 4.98 Å². The first kappa shape index (κ1) is 10.3. The Labute approximate surface area is 58.5 Å². The molecule has 1 atom stereocenters. The average Bonchev–Trinajstić information content (AvgIpc) is 1.76. The molecule has 0 amide bonds. The Morgan fingerprint density at radius 1 is 1.43 bits per heavy atom. The third-order valence-corrected chi connectivity index (χ3v) is 0.406. The molecule has 0 aromatic carbocycles. The second-order valence-electron chi connectivity index (χ2n) is 0.761. The number of imidazole rings is 1. The van der Waals surface area contributed by atoms with Gasteiger partial charge in [0.05, 0.1) is 6.33 Å². The summed E-state index contributed by atoms with van der Waals surface area (Å²) in [7, 11) is 0. The van der Waals surface area contributed by atoms with Gasteiger partial charge in [-0.2, -0.15) is 9.90 Å². The third-order valence-electron chi connectivity index (χ3n) is 0.406. The second-order valence-corrected chi connectivity index (χ2v) is 0.761. The van der Waals surface area contributed by atoms with Crippen molar-refractivity contribution < 1.29 is 19.5 Å². The van der Waals surface area contributed by atoms with Crippen molar-refractivity contribution >= 4 is 9.90 Å². The number of nitrogens with zero attached hydrogens (tertiary/aromatic N) is 1. The predicted molar refractivity (Wildman–Crippen MR) is 29.7 cm³/mol. The van der Waals surface area contributed by atoms with Crippen molar-refractivity contribution in [2.24, 2.45) is 0 Å². The first-order chi connectivity index (χ1) is 2.50. The van der Waals surface area contributed by atoms with E-state index in [1.54, 1.807) is 18.7 Å². The molecule has 1 aromatic rings. The molecule has 7 heavy (non-hydrogen) atoms. The van der Waals surface area contributed by atoms with E-state index in [0.29, 0.717) is 0 Å². The molecule has 0 radical (unpaired) electrons. The zero-order chi connectivity index (χ0) is 3.54. The molecule has 42 valence electrons. The minimum absolute atomic E-state index is 0. The standard InChI is InChI=1S/C3H4N2.H3P.Ru/c1-2-5-3-4-1;;/h1-3H,(H,4,5);1H3;. The Hall–Kier alpha value is 0.263. The monoisotopic (exact) mass is 204 g/mol. The van der Waals surface area contributed by atoms with Crippen LogP contribution in [0.1, 0.15) is 0 Å². The molecular weight excluding hydrogens is 196 g/mol. The van der Waals surface area contributed by atoms with Crippen LogP contribution in [0.3, 0.4) is 0 Å². The smallest absolute Gasteiger partial charge is 0.0919 e. The Morgan fingerprint density at radius 2 is 2.14 bits per heavy atom. The Bertz CT molecular complexity index is 69.4. The van der Waals surface area contributed by atoms with Crippen molar-refractivity contribution in [3.63, 3.8) is 0 Å². The number of H-pyrrole nitrogens is 1. The van der Waals surface area contributed by atoms with Crippen LogP contribution in [0.2, 0.25) is 0 Å². The third kappa shape index (κ3) is 4.11. The van der Waals surface area contributed by atoms with Gasteiger partial charge in [0.25, 0.3) is 0 Å². The second kappa shape index (κ2) is 6.26. The van der Waals surface area contributed by atoms with Gasteiger partial charge in [-0.1, -0.05) is 0 Å². The molecule has 0 bridgehead atoms. The van der Waals surface area contributed by atoms with E-state index in [1.807, 2.05) is 0 Å². The summed E-state index contributed by atoms with van der Waals surface area (Å²) >= 11 is 0. The largest absolute Gasteiger partial charge is 0.351 e. The number of aromatic amines is 1. The van der Waals surface area contributed by atoms with E-state index >= 15 is 0 Å². The minimum atomic E-state index is 0. The number of aromatic nitrogens is 2. The van der Waals surface area contributed by atoms with Crippen molar-refractivity contribution in [3.05, 3.63) is 18.7 Å². The van der Waals surface area contributed by atoms with Gasteiger partial charge in [0.2, 0.25) is 0 Å². The average molecular weight is 203 g/mol. The molecule has 1 aromatic heterocycles. The molecule has 0 aliphatic heterocycles. The molecule has 1 heterocycles. The van der Waals surface area contributed by atoms with E-state index in [4.69, 9.17) is 0 Å². The van der Waals surface area contributed by atoms with Crippen LogP contribution in [0, 0.1) is 0 Å². The van der Waals surface area contributed by atoms with Gasteiger partial charge >= 0.3 is 0 Å². The number of nitrogens with one attached hydrogen (secondary N) is 1. The number of hydrogen-bond donors (Lipinski definition) is 1. The maximum Gasteiger partial charge on any atom is 0.0919 e. The van der Waals surface area contributed by atoms with Crippen LogP contribution in [0.25, 0.3) is 0 Å². The molecule has 0 saturated carbocycles. The summed E-state index contributed by atoms with van der Waals surface area (Å²) in [5.41, 5.74) is 0. The molecule has 0 aliphatic carbocycles. The van der Waals surface area contributed by atoms with Gasteiger partial charge in [0.1, 0.15) is 0 Å². The van der Waals surface area contributed by atoms with Crippen molar-refractivity contribution in [3.8, 4) is 0 Å². The molecule has 1 rings (SSSR count). The van der Waals surface area contributed by atoms with E-state index in [2.05, 4.69) is 9.97 Å². The van der Waals surface area contributed by atoms with Crippen LogP contribution in [-0.4, -0.2) is 9.97 Å². The van der Waals surface area contributed by atoms with Crippen LogP contribution in [-0.2, 0) is 19.5 Å². The normalized spacial score (nSPS) is 5.71. The summed E-state index contributed by atoms with van der Waals surface area (Å²) in [6, 6.07) is 0. The van der Waals surface area contributed by atoms with Crippen molar-refractivity contribution in [2.45, 2.75) is 0 Å². The van der Waals surface area contributed by atoms with E-state index in [0.717, 1.165) is 0 Å². The van der Waals surface area contributed by atoms with Crippen molar-refractivity contribution in [1.82, 2.24) is 9.97 Å². The van der Waals surface area contributed by atoms with Crippen LogP contribution in [0.5, 0.6) is 0 Å². The van der Waals surface area contributed by atoms with E-state index < -0.39 is 0 Å². The van der Waals surface area contributed by atoms with Gasteiger partial charge in [0, 0.05) is 31.9 Å². The molecule has 1 N–H and O–H groups in total. The van der Waals surface area contributed by atoms with Crippen molar-refractivity contribution in [1.29, 1.82) is 0 Å². The van der Waals surface area contributed by atoms with Crippen LogP contribution in [0.4, 0.5) is 0 Å². The maximum atomic E-state index is 3.67. The van der Waals surface area contributed by atoms with Gasteiger partial charge in [-0.15, -0.1) is 0 Å². The molecule has 0 spiro atoms. The minimum Gasteiger partial charge on any atom is -0.351 e. The zero-order valence-electron chi connectivity index (χ0n) is 3.74. The van der Waals surface area contributed by atoms with Gasteiger partial charge in [-0.05, 0) is 0 Å². The predicted octanol–water partition coefficient (Wildman–Crippen LogP) is 0.465. The Morgan fingerprint density at radius 3 is 2.29 bits per heavy atom. The van der Waals surface area contributed by atoms with Gasteiger partial charge in [-0.3, -0.25) is 0 Å². The number of hydrogen-bond acceptors (Lipinski definition) is 1. The SMILES string of the molecule is P.[Ru].c1c[nH]cn1.